The minimum Gasteiger partial charge on any atom is -0.327 e. The quantitative estimate of drug-likeness (QED) is 0.892. The molecule has 1 aromatic heterocycles. The van der Waals surface area contributed by atoms with Gasteiger partial charge in [0.1, 0.15) is 0 Å². The zero-order valence-corrected chi connectivity index (χ0v) is 13.0. The summed E-state index contributed by atoms with van der Waals surface area (Å²) in [5.74, 6) is 0. The van der Waals surface area contributed by atoms with Crippen LogP contribution in [0.15, 0.2) is 0 Å². The smallest absolute Gasteiger partial charge is 0.0849 e. The van der Waals surface area contributed by atoms with Crippen molar-refractivity contribution in [1.29, 1.82) is 0 Å². The molecule has 0 aliphatic carbocycles. The van der Waals surface area contributed by atoms with Gasteiger partial charge >= 0.3 is 0 Å². The lowest BCUT2D eigenvalue weighted by Gasteiger charge is -2.27. The Morgan fingerprint density at radius 1 is 1.33 bits per heavy atom. The Bertz CT molecular complexity index is 390. The first-order chi connectivity index (χ1) is 8.31. The lowest BCUT2D eigenvalue weighted by Crippen LogP contribution is -2.35. The molecule has 0 aliphatic rings. The van der Waals surface area contributed by atoms with Crippen LogP contribution in [0.1, 0.15) is 52.4 Å². The lowest BCUT2D eigenvalue weighted by molar-refractivity contribution is 0.304. The van der Waals surface area contributed by atoms with Gasteiger partial charge in [0.05, 0.1) is 16.4 Å². The van der Waals surface area contributed by atoms with E-state index >= 15 is 0 Å². The van der Waals surface area contributed by atoms with Gasteiger partial charge in [-0.25, -0.2) is 0 Å². The average molecular weight is 272 g/mol. The van der Waals surface area contributed by atoms with Gasteiger partial charge in [-0.3, -0.25) is 4.68 Å². The molecule has 4 heteroatoms. The van der Waals surface area contributed by atoms with Crippen molar-refractivity contribution in [2.75, 3.05) is 0 Å². The van der Waals surface area contributed by atoms with E-state index in [1.807, 2.05) is 4.68 Å². The van der Waals surface area contributed by atoms with Crippen molar-refractivity contribution in [1.82, 2.24) is 9.78 Å². The summed E-state index contributed by atoms with van der Waals surface area (Å²) in [6, 6.07) is 0.179. The third-order valence-electron chi connectivity index (χ3n) is 3.50. The van der Waals surface area contributed by atoms with Crippen LogP contribution < -0.4 is 5.73 Å². The molecular weight excluding hydrogens is 246 g/mol. The van der Waals surface area contributed by atoms with Crippen LogP contribution in [-0.2, 0) is 19.4 Å². The predicted molar refractivity (Wildman–Crippen MR) is 78.0 cm³/mol. The third kappa shape index (κ3) is 3.48. The molecule has 0 saturated heterocycles. The van der Waals surface area contributed by atoms with Gasteiger partial charge in [-0.1, -0.05) is 39.3 Å². The minimum absolute atomic E-state index is 0.136. The molecular formula is C14H26ClN3. The highest BCUT2D eigenvalue weighted by atomic mass is 35.5. The molecule has 0 saturated carbocycles. The van der Waals surface area contributed by atoms with Gasteiger partial charge in [-0.2, -0.15) is 5.10 Å². The van der Waals surface area contributed by atoms with Crippen LogP contribution in [0.3, 0.4) is 0 Å². The molecule has 0 amide bonds. The molecule has 0 fully saturated rings. The summed E-state index contributed by atoms with van der Waals surface area (Å²) in [4.78, 5) is 0. The monoisotopic (exact) mass is 271 g/mol. The van der Waals surface area contributed by atoms with Crippen molar-refractivity contribution in [3.05, 3.63) is 16.4 Å². The number of aryl methyl sites for hydroxylation is 2. The standard InChI is InChI=1S/C14H26ClN3/c1-6-10-13(15)11(18(7-2)17-10)8-9-12(16)14(3,4)5/h12H,6-9,16H2,1-5H3. The zero-order valence-electron chi connectivity index (χ0n) is 12.3. The van der Waals surface area contributed by atoms with Crippen molar-refractivity contribution in [3.8, 4) is 0 Å². The fraction of sp³-hybridized carbons (Fsp3) is 0.786. The van der Waals surface area contributed by atoms with E-state index in [0.717, 1.165) is 42.2 Å². The van der Waals surface area contributed by atoms with Crippen LogP contribution >= 0.6 is 11.6 Å². The zero-order chi connectivity index (χ0) is 13.9. The molecule has 3 nitrogen and oxygen atoms in total. The second-order valence-electron chi connectivity index (χ2n) is 5.89. The van der Waals surface area contributed by atoms with Crippen LogP contribution in [0.4, 0.5) is 0 Å². The summed E-state index contributed by atoms with van der Waals surface area (Å²) in [5, 5.41) is 5.36. The highest BCUT2D eigenvalue weighted by Crippen LogP contribution is 2.26. The maximum Gasteiger partial charge on any atom is 0.0849 e. The van der Waals surface area contributed by atoms with Crippen LogP contribution in [0, 0.1) is 5.41 Å². The molecule has 0 aliphatic heterocycles. The molecule has 2 N–H and O–H groups in total. The summed E-state index contributed by atoms with van der Waals surface area (Å²) < 4.78 is 2.01. The maximum absolute atomic E-state index is 6.38. The largest absolute Gasteiger partial charge is 0.327 e. The number of aromatic nitrogens is 2. The number of rotatable bonds is 5. The highest BCUT2D eigenvalue weighted by molar-refractivity contribution is 6.31. The predicted octanol–water partition coefficient (Wildman–Crippen LogP) is 3.42. The highest BCUT2D eigenvalue weighted by Gasteiger charge is 2.22. The van der Waals surface area contributed by atoms with Crippen LogP contribution in [0.5, 0.6) is 0 Å². The Labute approximate surface area is 116 Å². The van der Waals surface area contributed by atoms with Crippen molar-refractivity contribution in [2.45, 2.75) is 66.5 Å². The minimum atomic E-state index is 0.136. The second-order valence-corrected chi connectivity index (χ2v) is 6.27. The molecule has 1 heterocycles. The van der Waals surface area contributed by atoms with Crippen molar-refractivity contribution < 1.29 is 0 Å². The summed E-state index contributed by atoms with van der Waals surface area (Å²) in [5.41, 5.74) is 8.48. The first kappa shape index (κ1) is 15.5. The second kappa shape index (κ2) is 6.07. The lowest BCUT2D eigenvalue weighted by atomic mass is 9.84. The molecule has 0 bridgehead atoms. The van der Waals surface area contributed by atoms with Crippen LogP contribution in [-0.4, -0.2) is 15.8 Å². The van der Waals surface area contributed by atoms with Crippen LogP contribution in [0.25, 0.3) is 0 Å². The van der Waals surface area contributed by atoms with Gasteiger partial charge in [-0.15, -0.1) is 0 Å². The van der Waals surface area contributed by atoms with Gasteiger partial charge in [0.15, 0.2) is 0 Å². The van der Waals surface area contributed by atoms with Gasteiger partial charge in [-0.05, 0) is 31.6 Å². The van der Waals surface area contributed by atoms with E-state index in [9.17, 15) is 0 Å². The number of hydrogen-bond acceptors (Lipinski definition) is 2. The van der Waals surface area contributed by atoms with Crippen molar-refractivity contribution in [2.24, 2.45) is 11.1 Å². The summed E-state index contributed by atoms with van der Waals surface area (Å²) >= 11 is 6.38. The topological polar surface area (TPSA) is 43.8 Å². The van der Waals surface area contributed by atoms with E-state index in [1.54, 1.807) is 0 Å². The Morgan fingerprint density at radius 2 is 1.94 bits per heavy atom. The molecule has 1 rings (SSSR count). The van der Waals surface area contributed by atoms with Gasteiger partial charge in [0.2, 0.25) is 0 Å². The number of hydrogen-bond donors (Lipinski definition) is 1. The summed E-state index contributed by atoms with van der Waals surface area (Å²) in [6.07, 6.45) is 2.72. The average Bonchev–Trinajstić information content (AvgIpc) is 2.61. The van der Waals surface area contributed by atoms with Gasteiger partial charge in [0.25, 0.3) is 0 Å². The third-order valence-corrected chi connectivity index (χ3v) is 3.93. The van der Waals surface area contributed by atoms with Gasteiger partial charge in [0, 0.05) is 12.6 Å². The molecule has 1 unspecified atom stereocenters. The Kier molecular flexibility index (Phi) is 5.23. The first-order valence-electron chi connectivity index (χ1n) is 6.80. The van der Waals surface area contributed by atoms with Crippen molar-refractivity contribution >= 4 is 11.6 Å². The van der Waals surface area contributed by atoms with Crippen molar-refractivity contribution in [3.63, 3.8) is 0 Å². The van der Waals surface area contributed by atoms with Crippen LogP contribution in [0.2, 0.25) is 5.02 Å². The van der Waals surface area contributed by atoms with E-state index in [-0.39, 0.29) is 11.5 Å². The molecule has 0 aromatic carbocycles. The number of nitrogens with zero attached hydrogens (tertiary/aromatic N) is 2. The molecule has 1 atom stereocenters. The van der Waals surface area contributed by atoms with E-state index in [2.05, 4.69) is 39.7 Å². The molecule has 0 radical (unpaired) electrons. The maximum atomic E-state index is 6.38. The Morgan fingerprint density at radius 3 is 2.39 bits per heavy atom. The summed E-state index contributed by atoms with van der Waals surface area (Å²) in [7, 11) is 0. The number of nitrogens with two attached hydrogens (primary N) is 1. The molecule has 0 spiro atoms. The molecule has 18 heavy (non-hydrogen) atoms. The fourth-order valence-electron chi connectivity index (χ4n) is 1.98. The summed E-state index contributed by atoms with van der Waals surface area (Å²) in [6.45, 7) is 11.6. The van der Waals surface area contributed by atoms with E-state index in [0.29, 0.717) is 0 Å². The normalized spacial score (nSPS) is 13.9. The van der Waals surface area contributed by atoms with E-state index < -0.39 is 0 Å². The van der Waals surface area contributed by atoms with E-state index in [1.165, 1.54) is 0 Å². The van der Waals surface area contributed by atoms with Gasteiger partial charge < -0.3 is 5.73 Å². The van der Waals surface area contributed by atoms with E-state index in [4.69, 9.17) is 17.3 Å². The molecule has 104 valence electrons. The fourth-order valence-corrected chi connectivity index (χ4v) is 2.34. The first-order valence-corrected chi connectivity index (χ1v) is 7.18. The number of halogens is 1. The SMILES string of the molecule is CCc1nn(CC)c(CCC(N)C(C)(C)C)c1Cl. The Hall–Kier alpha value is -0.540. The molecule has 1 aromatic rings. The Balaban J connectivity index is 2.81.